The normalized spacial score (nSPS) is 11.0. The van der Waals surface area contributed by atoms with Crippen molar-refractivity contribution >= 4 is 34.3 Å². The minimum Gasteiger partial charge on any atom is -0.494 e. The van der Waals surface area contributed by atoms with E-state index in [1.165, 1.54) is 0 Å². The molecule has 8 heteroatoms. The van der Waals surface area contributed by atoms with E-state index in [-0.39, 0.29) is 22.4 Å². The molecule has 0 radical (unpaired) electrons. The SMILES string of the molecule is CCCCOc1ccc(C(=O)Nc2ccc3oc(-c4cc(F)c(F)cc4Cl)nc3c2)cc1. The first-order valence-corrected chi connectivity index (χ1v) is 10.4. The zero-order chi connectivity index (χ0) is 22.7. The third kappa shape index (κ3) is 4.73. The van der Waals surface area contributed by atoms with Gasteiger partial charge in [-0.1, -0.05) is 24.9 Å². The van der Waals surface area contributed by atoms with Gasteiger partial charge in [-0.25, -0.2) is 13.8 Å². The lowest BCUT2D eigenvalue weighted by Crippen LogP contribution is -2.11. The van der Waals surface area contributed by atoms with Crippen LogP contribution < -0.4 is 10.1 Å². The molecule has 0 aliphatic heterocycles. The Kier molecular flexibility index (Phi) is 6.37. The molecule has 1 heterocycles. The molecule has 0 unspecified atom stereocenters. The van der Waals surface area contributed by atoms with Crippen LogP contribution in [0, 0.1) is 11.6 Å². The molecule has 0 fully saturated rings. The largest absolute Gasteiger partial charge is 0.494 e. The predicted octanol–water partition coefficient (Wildman–Crippen LogP) is 6.86. The Labute approximate surface area is 188 Å². The third-order valence-corrected chi connectivity index (χ3v) is 5.08. The van der Waals surface area contributed by atoms with Crippen molar-refractivity contribution in [1.82, 2.24) is 4.98 Å². The summed E-state index contributed by atoms with van der Waals surface area (Å²) in [7, 11) is 0. The number of nitrogens with zero attached hydrogens (tertiary/aromatic N) is 1. The van der Waals surface area contributed by atoms with E-state index in [0.717, 1.165) is 25.0 Å². The number of hydrogen-bond acceptors (Lipinski definition) is 4. The summed E-state index contributed by atoms with van der Waals surface area (Å²) in [5, 5.41) is 2.78. The zero-order valence-electron chi connectivity index (χ0n) is 17.1. The van der Waals surface area contributed by atoms with E-state index >= 15 is 0 Å². The van der Waals surface area contributed by atoms with Crippen molar-refractivity contribution in [2.45, 2.75) is 19.8 Å². The topological polar surface area (TPSA) is 64.4 Å². The van der Waals surface area contributed by atoms with Crippen molar-refractivity contribution in [1.29, 1.82) is 0 Å². The van der Waals surface area contributed by atoms with Gasteiger partial charge in [-0.3, -0.25) is 4.79 Å². The van der Waals surface area contributed by atoms with E-state index in [1.54, 1.807) is 42.5 Å². The number of hydrogen-bond donors (Lipinski definition) is 1. The van der Waals surface area contributed by atoms with Crippen molar-refractivity contribution in [2.24, 2.45) is 0 Å². The van der Waals surface area contributed by atoms with Crippen LogP contribution in [0.2, 0.25) is 5.02 Å². The highest BCUT2D eigenvalue weighted by Gasteiger charge is 2.16. The number of rotatable bonds is 7. The van der Waals surface area contributed by atoms with Gasteiger partial charge in [0.05, 0.1) is 17.2 Å². The monoisotopic (exact) mass is 456 g/mol. The summed E-state index contributed by atoms with van der Waals surface area (Å²) in [6.07, 6.45) is 2.02. The van der Waals surface area contributed by atoms with E-state index < -0.39 is 11.6 Å². The molecule has 1 N–H and O–H groups in total. The molecule has 0 aliphatic carbocycles. The summed E-state index contributed by atoms with van der Waals surface area (Å²) in [5.41, 5.74) is 1.95. The molecule has 3 aromatic carbocycles. The van der Waals surface area contributed by atoms with E-state index in [2.05, 4.69) is 17.2 Å². The molecule has 0 bridgehead atoms. The fourth-order valence-electron chi connectivity index (χ4n) is 3.05. The first-order valence-electron chi connectivity index (χ1n) is 10.0. The number of fused-ring (bicyclic) bond motifs is 1. The maximum atomic E-state index is 13.6. The molecule has 0 spiro atoms. The van der Waals surface area contributed by atoms with Gasteiger partial charge in [0.25, 0.3) is 5.91 Å². The fourth-order valence-corrected chi connectivity index (χ4v) is 3.28. The number of benzene rings is 3. The molecule has 164 valence electrons. The molecule has 0 saturated carbocycles. The van der Waals surface area contributed by atoms with Crippen molar-refractivity contribution in [3.63, 3.8) is 0 Å². The number of carbonyl (C=O) groups is 1. The summed E-state index contributed by atoms with van der Waals surface area (Å²) in [6, 6.07) is 13.6. The number of halogens is 3. The molecule has 0 aliphatic rings. The maximum absolute atomic E-state index is 13.6. The molecule has 1 amide bonds. The van der Waals surface area contributed by atoms with Crippen LogP contribution in [0.1, 0.15) is 30.1 Å². The Balaban J connectivity index is 1.51. The average Bonchev–Trinajstić information content (AvgIpc) is 3.20. The second kappa shape index (κ2) is 9.36. The van der Waals surface area contributed by atoms with Crippen molar-refractivity contribution in [3.8, 4) is 17.2 Å². The number of carbonyl (C=O) groups excluding carboxylic acids is 1. The number of aromatic nitrogens is 1. The van der Waals surface area contributed by atoms with Crippen LogP contribution in [0.4, 0.5) is 14.5 Å². The molecule has 4 aromatic rings. The Morgan fingerprint density at radius 2 is 1.84 bits per heavy atom. The van der Waals surface area contributed by atoms with Crippen LogP contribution in [-0.2, 0) is 0 Å². The minimum atomic E-state index is -1.06. The standard InChI is InChI=1S/C24H19ClF2N2O3/c1-2-3-10-31-16-7-4-14(5-8-16)23(30)28-15-6-9-22-21(11-15)29-24(32-22)17-12-19(26)20(27)13-18(17)25/h4-9,11-13H,2-3,10H2,1H3,(H,28,30). The highest BCUT2D eigenvalue weighted by molar-refractivity contribution is 6.33. The van der Waals surface area contributed by atoms with E-state index in [9.17, 15) is 13.6 Å². The van der Waals surface area contributed by atoms with E-state index in [0.29, 0.717) is 34.7 Å². The first-order chi connectivity index (χ1) is 15.4. The molecule has 1 aromatic heterocycles. The number of ether oxygens (including phenoxy) is 1. The fraction of sp³-hybridized carbons (Fsp3) is 0.167. The molecule has 0 saturated heterocycles. The van der Waals surface area contributed by atoms with Gasteiger partial charge in [0.15, 0.2) is 17.2 Å². The first kappa shape index (κ1) is 21.8. The lowest BCUT2D eigenvalue weighted by atomic mass is 10.2. The van der Waals surface area contributed by atoms with Crippen molar-refractivity contribution in [2.75, 3.05) is 11.9 Å². The Morgan fingerprint density at radius 3 is 2.59 bits per heavy atom. The van der Waals surface area contributed by atoms with Gasteiger partial charge < -0.3 is 14.5 Å². The Morgan fingerprint density at radius 1 is 1.09 bits per heavy atom. The van der Waals surface area contributed by atoms with E-state index in [4.69, 9.17) is 20.8 Å². The maximum Gasteiger partial charge on any atom is 0.255 e. The number of nitrogens with one attached hydrogen (secondary N) is 1. The summed E-state index contributed by atoms with van der Waals surface area (Å²) in [5.74, 6) is -1.65. The number of unbranched alkanes of at least 4 members (excludes halogenated alkanes) is 1. The minimum absolute atomic E-state index is 0.0221. The van der Waals surface area contributed by atoms with Gasteiger partial charge in [-0.15, -0.1) is 0 Å². The van der Waals surface area contributed by atoms with Crippen LogP contribution in [0.3, 0.4) is 0 Å². The lowest BCUT2D eigenvalue weighted by Gasteiger charge is -2.07. The second-order valence-corrected chi connectivity index (χ2v) is 7.54. The van der Waals surface area contributed by atoms with Crippen LogP contribution in [-0.4, -0.2) is 17.5 Å². The smallest absolute Gasteiger partial charge is 0.255 e. The summed E-state index contributed by atoms with van der Waals surface area (Å²) in [4.78, 5) is 16.9. The number of anilines is 1. The Bertz CT molecular complexity index is 1270. The van der Waals surface area contributed by atoms with Crippen molar-refractivity contribution < 1.29 is 22.7 Å². The molecule has 32 heavy (non-hydrogen) atoms. The summed E-state index contributed by atoms with van der Waals surface area (Å²) in [6.45, 7) is 2.73. The lowest BCUT2D eigenvalue weighted by molar-refractivity contribution is 0.102. The van der Waals surface area contributed by atoms with Gasteiger partial charge in [0, 0.05) is 11.3 Å². The average molecular weight is 457 g/mol. The van der Waals surface area contributed by atoms with Crippen LogP contribution in [0.15, 0.2) is 59.0 Å². The molecular formula is C24H19ClF2N2O3. The van der Waals surface area contributed by atoms with Gasteiger partial charge in [-0.05, 0) is 61.0 Å². The van der Waals surface area contributed by atoms with Crippen LogP contribution >= 0.6 is 11.6 Å². The second-order valence-electron chi connectivity index (χ2n) is 7.13. The molecule has 4 rings (SSSR count). The molecule has 5 nitrogen and oxygen atoms in total. The van der Waals surface area contributed by atoms with Crippen molar-refractivity contribution in [3.05, 3.63) is 76.8 Å². The third-order valence-electron chi connectivity index (χ3n) is 4.77. The van der Waals surface area contributed by atoms with Gasteiger partial charge in [0.2, 0.25) is 5.89 Å². The summed E-state index contributed by atoms with van der Waals surface area (Å²) < 4.78 is 38.2. The summed E-state index contributed by atoms with van der Waals surface area (Å²) >= 11 is 6.01. The highest BCUT2D eigenvalue weighted by atomic mass is 35.5. The zero-order valence-corrected chi connectivity index (χ0v) is 17.9. The quantitative estimate of drug-likeness (QED) is 0.244. The highest BCUT2D eigenvalue weighted by Crippen LogP contribution is 2.32. The molecule has 0 atom stereocenters. The Hall–Kier alpha value is -3.45. The van der Waals surface area contributed by atoms with Crippen LogP contribution in [0.25, 0.3) is 22.6 Å². The number of oxazole rings is 1. The van der Waals surface area contributed by atoms with Gasteiger partial charge in [0.1, 0.15) is 11.3 Å². The molecular weight excluding hydrogens is 438 g/mol. The number of amides is 1. The van der Waals surface area contributed by atoms with Crippen LogP contribution in [0.5, 0.6) is 5.75 Å². The van der Waals surface area contributed by atoms with Gasteiger partial charge >= 0.3 is 0 Å². The van der Waals surface area contributed by atoms with Gasteiger partial charge in [-0.2, -0.15) is 0 Å². The predicted molar refractivity (Wildman–Crippen MR) is 119 cm³/mol. The van der Waals surface area contributed by atoms with E-state index in [1.807, 2.05) is 0 Å².